The molecule has 1 N–H and O–H groups in total. The van der Waals surface area contributed by atoms with Crippen molar-refractivity contribution < 1.29 is 9.53 Å². The third-order valence-electron chi connectivity index (χ3n) is 4.09. The largest absolute Gasteiger partial charge is 0.466 e. The number of esters is 1. The molecule has 0 aliphatic carbocycles. The van der Waals surface area contributed by atoms with Crippen LogP contribution in [0.4, 0.5) is 0 Å². The predicted octanol–water partition coefficient (Wildman–Crippen LogP) is 3.24. The van der Waals surface area contributed by atoms with Gasteiger partial charge in [-0.05, 0) is 30.0 Å². The van der Waals surface area contributed by atoms with Crippen molar-refractivity contribution in [3.05, 3.63) is 71.3 Å². The first-order valence-electron chi connectivity index (χ1n) is 7.82. The highest BCUT2D eigenvalue weighted by atomic mass is 16.5. The van der Waals surface area contributed by atoms with Crippen LogP contribution in [-0.2, 0) is 16.0 Å². The molecule has 0 unspecified atom stereocenters. The van der Waals surface area contributed by atoms with Crippen molar-refractivity contribution in [2.45, 2.75) is 31.8 Å². The van der Waals surface area contributed by atoms with Crippen molar-refractivity contribution in [2.24, 2.45) is 0 Å². The first kappa shape index (κ1) is 14.8. The molecule has 0 fully saturated rings. The molecule has 0 saturated carbocycles. The number of ether oxygens (including phenoxy) is 1. The second-order valence-electron chi connectivity index (χ2n) is 5.62. The van der Waals surface area contributed by atoms with Gasteiger partial charge in [0.1, 0.15) is 0 Å². The zero-order valence-corrected chi connectivity index (χ0v) is 12.8. The quantitative estimate of drug-likeness (QED) is 0.880. The van der Waals surface area contributed by atoms with Crippen LogP contribution in [0.5, 0.6) is 0 Å². The van der Waals surface area contributed by atoms with E-state index in [0.717, 1.165) is 6.42 Å². The Hall–Kier alpha value is -2.13. The Balaban J connectivity index is 1.87. The van der Waals surface area contributed by atoms with Crippen LogP contribution in [-0.4, -0.2) is 18.6 Å². The summed E-state index contributed by atoms with van der Waals surface area (Å²) in [7, 11) is 0. The number of carbonyl (C=O) groups is 1. The standard InChI is InChI=1S/C19H21NO2/c1-2-22-18(21)13-16-12-15-10-6-7-11-17(15)19(20-16)14-8-4-3-5-9-14/h3-11,16,19-20H,2,12-13H2,1H3/t16-,19-/m1/s1. The molecule has 2 aromatic rings. The Kier molecular flexibility index (Phi) is 4.54. The van der Waals surface area contributed by atoms with Gasteiger partial charge in [0.05, 0.1) is 19.1 Å². The monoisotopic (exact) mass is 295 g/mol. The normalized spacial score (nSPS) is 20.2. The van der Waals surface area contributed by atoms with E-state index < -0.39 is 0 Å². The smallest absolute Gasteiger partial charge is 0.307 e. The molecule has 0 aromatic heterocycles. The molecule has 0 amide bonds. The topological polar surface area (TPSA) is 38.3 Å². The number of hydrogen-bond acceptors (Lipinski definition) is 3. The van der Waals surface area contributed by atoms with Crippen LogP contribution in [0.15, 0.2) is 54.6 Å². The Morgan fingerprint density at radius 1 is 1.14 bits per heavy atom. The second kappa shape index (κ2) is 6.75. The number of benzene rings is 2. The van der Waals surface area contributed by atoms with E-state index in [4.69, 9.17) is 4.74 Å². The van der Waals surface area contributed by atoms with Gasteiger partial charge in [-0.15, -0.1) is 0 Å². The fourth-order valence-corrected chi connectivity index (χ4v) is 3.13. The third kappa shape index (κ3) is 3.20. The van der Waals surface area contributed by atoms with Crippen molar-refractivity contribution in [3.63, 3.8) is 0 Å². The molecule has 0 bridgehead atoms. The molecule has 3 nitrogen and oxygen atoms in total. The van der Waals surface area contributed by atoms with Crippen LogP contribution in [0.1, 0.15) is 36.1 Å². The summed E-state index contributed by atoms with van der Waals surface area (Å²) in [6, 6.07) is 19.1. The van der Waals surface area contributed by atoms with Crippen LogP contribution in [0, 0.1) is 0 Å². The minimum Gasteiger partial charge on any atom is -0.466 e. The van der Waals surface area contributed by atoms with Gasteiger partial charge in [-0.2, -0.15) is 0 Å². The summed E-state index contributed by atoms with van der Waals surface area (Å²) in [5.41, 5.74) is 3.83. The minimum absolute atomic E-state index is 0.110. The lowest BCUT2D eigenvalue weighted by molar-refractivity contribution is -0.143. The number of hydrogen-bond donors (Lipinski definition) is 1. The molecule has 22 heavy (non-hydrogen) atoms. The summed E-state index contributed by atoms with van der Waals surface area (Å²) in [6.07, 6.45) is 1.27. The van der Waals surface area contributed by atoms with Crippen molar-refractivity contribution in [3.8, 4) is 0 Å². The third-order valence-corrected chi connectivity index (χ3v) is 4.09. The summed E-state index contributed by atoms with van der Waals surface area (Å²) >= 11 is 0. The highest BCUT2D eigenvalue weighted by Gasteiger charge is 2.28. The first-order valence-corrected chi connectivity index (χ1v) is 7.82. The number of rotatable bonds is 4. The first-order chi connectivity index (χ1) is 10.8. The van der Waals surface area contributed by atoms with E-state index in [1.54, 1.807) is 0 Å². The summed E-state index contributed by atoms with van der Waals surface area (Å²) in [6.45, 7) is 2.28. The molecule has 0 radical (unpaired) electrons. The van der Waals surface area contributed by atoms with Gasteiger partial charge in [-0.25, -0.2) is 0 Å². The Bertz CT molecular complexity index is 639. The van der Waals surface area contributed by atoms with E-state index in [-0.39, 0.29) is 18.1 Å². The molecule has 0 saturated heterocycles. The van der Waals surface area contributed by atoms with Crippen molar-refractivity contribution in [1.82, 2.24) is 5.32 Å². The van der Waals surface area contributed by atoms with Gasteiger partial charge in [0.15, 0.2) is 0 Å². The molecule has 3 heteroatoms. The molecular formula is C19H21NO2. The molecule has 2 aromatic carbocycles. The minimum atomic E-state index is -0.133. The van der Waals surface area contributed by atoms with Crippen molar-refractivity contribution in [1.29, 1.82) is 0 Å². The molecule has 2 atom stereocenters. The SMILES string of the molecule is CCOC(=O)C[C@H]1Cc2ccccc2[C@@H](c2ccccc2)N1. The van der Waals surface area contributed by atoms with Gasteiger partial charge in [0.2, 0.25) is 0 Å². The summed E-state index contributed by atoms with van der Waals surface area (Å²) in [5, 5.41) is 3.61. The number of nitrogens with one attached hydrogen (secondary N) is 1. The molecule has 114 valence electrons. The number of carbonyl (C=O) groups excluding carboxylic acids is 1. The average Bonchev–Trinajstić information content (AvgIpc) is 2.55. The van der Waals surface area contributed by atoms with Crippen LogP contribution in [0.25, 0.3) is 0 Å². The maximum Gasteiger partial charge on any atom is 0.307 e. The van der Waals surface area contributed by atoms with E-state index >= 15 is 0 Å². The average molecular weight is 295 g/mol. The van der Waals surface area contributed by atoms with Gasteiger partial charge in [0, 0.05) is 6.04 Å². The molecule has 1 heterocycles. The lowest BCUT2D eigenvalue weighted by Gasteiger charge is -2.33. The maximum absolute atomic E-state index is 11.8. The van der Waals surface area contributed by atoms with Crippen LogP contribution in [0.3, 0.4) is 0 Å². The van der Waals surface area contributed by atoms with Gasteiger partial charge in [-0.3, -0.25) is 4.79 Å². The fourth-order valence-electron chi connectivity index (χ4n) is 3.13. The highest BCUT2D eigenvalue weighted by molar-refractivity contribution is 5.70. The number of fused-ring (bicyclic) bond motifs is 1. The molecule has 1 aliphatic heterocycles. The molecule has 1 aliphatic rings. The van der Waals surface area contributed by atoms with E-state index in [0.29, 0.717) is 13.0 Å². The fraction of sp³-hybridized carbons (Fsp3) is 0.316. The Labute approximate surface area is 131 Å². The predicted molar refractivity (Wildman–Crippen MR) is 86.6 cm³/mol. The van der Waals surface area contributed by atoms with Crippen LogP contribution < -0.4 is 5.32 Å². The van der Waals surface area contributed by atoms with E-state index in [1.165, 1.54) is 16.7 Å². The Morgan fingerprint density at radius 2 is 1.86 bits per heavy atom. The van der Waals surface area contributed by atoms with E-state index in [2.05, 4.69) is 53.8 Å². The summed E-state index contributed by atoms with van der Waals surface area (Å²) < 4.78 is 5.09. The van der Waals surface area contributed by atoms with Crippen molar-refractivity contribution in [2.75, 3.05) is 6.61 Å². The summed E-state index contributed by atoms with van der Waals surface area (Å²) in [5.74, 6) is -0.133. The van der Waals surface area contributed by atoms with Crippen LogP contribution >= 0.6 is 0 Å². The molecular weight excluding hydrogens is 274 g/mol. The van der Waals surface area contributed by atoms with Gasteiger partial charge in [-0.1, -0.05) is 54.6 Å². The van der Waals surface area contributed by atoms with Gasteiger partial charge in [0.25, 0.3) is 0 Å². The molecule has 3 rings (SSSR count). The van der Waals surface area contributed by atoms with E-state index in [1.807, 2.05) is 13.0 Å². The van der Waals surface area contributed by atoms with Crippen LogP contribution in [0.2, 0.25) is 0 Å². The van der Waals surface area contributed by atoms with Crippen molar-refractivity contribution >= 4 is 5.97 Å². The molecule has 0 spiro atoms. The Morgan fingerprint density at radius 3 is 2.64 bits per heavy atom. The highest BCUT2D eigenvalue weighted by Crippen LogP contribution is 2.31. The van der Waals surface area contributed by atoms with E-state index in [9.17, 15) is 4.79 Å². The lowest BCUT2D eigenvalue weighted by Crippen LogP contribution is -2.41. The van der Waals surface area contributed by atoms with Gasteiger partial charge < -0.3 is 10.1 Å². The summed E-state index contributed by atoms with van der Waals surface area (Å²) in [4.78, 5) is 11.8. The maximum atomic E-state index is 11.8. The zero-order chi connectivity index (χ0) is 15.4. The lowest BCUT2D eigenvalue weighted by atomic mass is 9.86. The van der Waals surface area contributed by atoms with Gasteiger partial charge >= 0.3 is 5.97 Å². The zero-order valence-electron chi connectivity index (χ0n) is 12.8. The second-order valence-corrected chi connectivity index (χ2v) is 5.62.